The number of hydrogen-bond acceptors (Lipinski definition) is 4. The number of aryl methyl sites for hydroxylation is 1. The van der Waals surface area contributed by atoms with E-state index < -0.39 is 5.97 Å². The van der Waals surface area contributed by atoms with Crippen molar-refractivity contribution in [2.24, 2.45) is 0 Å². The monoisotopic (exact) mass is 271 g/mol. The molecule has 6 heteroatoms. The van der Waals surface area contributed by atoms with Gasteiger partial charge in [-0.1, -0.05) is 6.07 Å². The normalized spacial score (nSPS) is 10.1. The summed E-state index contributed by atoms with van der Waals surface area (Å²) in [5.74, 6) is -1.29. The molecule has 0 saturated heterocycles. The third kappa shape index (κ3) is 3.38. The van der Waals surface area contributed by atoms with Crippen molar-refractivity contribution < 1.29 is 14.7 Å². The molecule has 0 spiro atoms. The molecule has 102 valence electrons. The lowest BCUT2D eigenvalue weighted by Crippen LogP contribution is -2.23. The molecule has 0 aliphatic heterocycles. The topological polar surface area (TPSA) is 92.2 Å². The Morgan fingerprint density at radius 3 is 2.65 bits per heavy atom. The molecule has 0 aliphatic carbocycles. The average molecular weight is 271 g/mol. The highest BCUT2D eigenvalue weighted by molar-refractivity contribution is 5.94. The highest BCUT2D eigenvalue weighted by atomic mass is 16.4. The molecule has 2 aromatic rings. The van der Waals surface area contributed by atoms with Crippen LogP contribution in [0.2, 0.25) is 0 Å². The standard InChI is InChI=1S/C14H13N3O3/c1-9-6-11(4-5-15-9)13(18)17-8-10-2-3-12(14(19)20)16-7-10/h2-7H,8H2,1H3,(H,17,18)(H,19,20). The van der Waals surface area contributed by atoms with Gasteiger partial charge < -0.3 is 10.4 Å². The molecule has 0 saturated carbocycles. The summed E-state index contributed by atoms with van der Waals surface area (Å²) in [7, 11) is 0. The summed E-state index contributed by atoms with van der Waals surface area (Å²) in [6.07, 6.45) is 3.01. The van der Waals surface area contributed by atoms with Gasteiger partial charge in [0, 0.05) is 30.2 Å². The molecule has 2 N–H and O–H groups in total. The Balaban J connectivity index is 1.98. The van der Waals surface area contributed by atoms with Crippen molar-refractivity contribution in [2.75, 3.05) is 0 Å². The second-order valence-electron chi connectivity index (χ2n) is 4.23. The molecule has 0 aliphatic rings. The second kappa shape index (κ2) is 5.92. The molecule has 0 radical (unpaired) electrons. The van der Waals surface area contributed by atoms with E-state index in [4.69, 9.17) is 5.11 Å². The van der Waals surface area contributed by atoms with E-state index in [1.165, 1.54) is 12.3 Å². The van der Waals surface area contributed by atoms with E-state index in [0.717, 1.165) is 11.3 Å². The van der Waals surface area contributed by atoms with Crippen LogP contribution in [0, 0.1) is 6.92 Å². The summed E-state index contributed by atoms with van der Waals surface area (Å²) in [6, 6.07) is 6.35. The van der Waals surface area contributed by atoms with Crippen molar-refractivity contribution in [3.05, 3.63) is 59.2 Å². The van der Waals surface area contributed by atoms with E-state index in [0.29, 0.717) is 5.56 Å². The van der Waals surface area contributed by atoms with Gasteiger partial charge in [-0.3, -0.25) is 9.78 Å². The first-order valence-corrected chi connectivity index (χ1v) is 5.95. The van der Waals surface area contributed by atoms with E-state index in [9.17, 15) is 9.59 Å². The van der Waals surface area contributed by atoms with E-state index >= 15 is 0 Å². The summed E-state index contributed by atoms with van der Waals surface area (Å²) < 4.78 is 0. The molecule has 0 aromatic carbocycles. The summed E-state index contributed by atoms with van der Waals surface area (Å²) in [4.78, 5) is 30.4. The Kier molecular flexibility index (Phi) is 4.05. The molecule has 2 heterocycles. The van der Waals surface area contributed by atoms with Crippen molar-refractivity contribution in [2.45, 2.75) is 13.5 Å². The zero-order valence-electron chi connectivity index (χ0n) is 10.8. The number of hydrogen-bond donors (Lipinski definition) is 2. The first-order chi connectivity index (χ1) is 9.56. The fraction of sp³-hybridized carbons (Fsp3) is 0.143. The van der Waals surface area contributed by atoms with Crippen LogP contribution in [0.4, 0.5) is 0 Å². The minimum atomic E-state index is -1.08. The summed E-state index contributed by atoms with van der Waals surface area (Å²) >= 11 is 0. The minimum Gasteiger partial charge on any atom is -0.477 e. The van der Waals surface area contributed by atoms with Crippen LogP contribution < -0.4 is 5.32 Å². The zero-order valence-corrected chi connectivity index (χ0v) is 10.8. The maximum Gasteiger partial charge on any atom is 0.354 e. The third-order valence-electron chi connectivity index (χ3n) is 2.66. The maximum absolute atomic E-state index is 11.9. The van der Waals surface area contributed by atoms with Gasteiger partial charge in [-0.25, -0.2) is 9.78 Å². The number of carbonyl (C=O) groups is 2. The largest absolute Gasteiger partial charge is 0.477 e. The summed E-state index contributed by atoms with van der Waals surface area (Å²) in [6.45, 7) is 2.10. The summed E-state index contributed by atoms with van der Waals surface area (Å²) in [5.41, 5.74) is 2.01. The van der Waals surface area contributed by atoms with E-state index in [-0.39, 0.29) is 18.1 Å². The second-order valence-corrected chi connectivity index (χ2v) is 4.23. The van der Waals surface area contributed by atoms with E-state index in [1.54, 1.807) is 24.4 Å². The maximum atomic E-state index is 11.9. The predicted molar refractivity (Wildman–Crippen MR) is 71.3 cm³/mol. The Morgan fingerprint density at radius 1 is 1.25 bits per heavy atom. The molecule has 0 atom stereocenters. The van der Waals surface area contributed by atoms with Crippen molar-refractivity contribution in [1.82, 2.24) is 15.3 Å². The van der Waals surface area contributed by atoms with Crippen LogP contribution >= 0.6 is 0 Å². The molecular weight excluding hydrogens is 258 g/mol. The van der Waals surface area contributed by atoms with Crippen molar-refractivity contribution in [3.63, 3.8) is 0 Å². The van der Waals surface area contributed by atoms with E-state index in [2.05, 4.69) is 15.3 Å². The lowest BCUT2D eigenvalue weighted by molar-refractivity contribution is 0.0690. The van der Waals surface area contributed by atoms with Gasteiger partial charge in [0.15, 0.2) is 0 Å². The molecule has 0 bridgehead atoms. The first-order valence-electron chi connectivity index (χ1n) is 5.95. The van der Waals surface area contributed by atoms with Crippen molar-refractivity contribution >= 4 is 11.9 Å². The average Bonchev–Trinajstić information content (AvgIpc) is 2.45. The highest BCUT2D eigenvalue weighted by Crippen LogP contribution is 2.03. The Bertz CT molecular complexity index is 638. The van der Waals surface area contributed by atoms with Crippen LogP contribution in [0.25, 0.3) is 0 Å². The molecule has 1 amide bonds. The fourth-order valence-corrected chi connectivity index (χ4v) is 1.63. The van der Waals surface area contributed by atoms with Crippen molar-refractivity contribution in [3.8, 4) is 0 Å². The van der Waals surface area contributed by atoms with E-state index in [1.807, 2.05) is 6.92 Å². The number of rotatable bonds is 4. The van der Waals surface area contributed by atoms with Gasteiger partial charge in [0.1, 0.15) is 5.69 Å². The number of carbonyl (C=O) groups excluding carboxylic acids is 1. The number of nitrogens with one attached hydrogen (secondary N) is 1. The number of nitrogens with zero attached hydrogens (tertiary/aromatic N) is 2. The lowest BCUT2D eigenvalue weighted by atomic mass is 10.2. The van der Waals surface area contributed by atoms with Crippen LogP contribution in [-0.4, -0.2) is 27.0 Å². The fourth-order valence-electron chi connectivity index (χ4n) is 1.63. The van der Waals surface area contributed by atoms with Gasteiger partial charge >= 0.3 is 5.97 Å². The SMILES string of the molecule is Cc1cc(C(=O)NCc2ccc(C(=O)O)nc2)ccn1. The molecular formula is C14H13N3O3. The van der Waals surface area contributed by atoms with Gasteiger partial charge in [0.25, 0.3) is 5.91 Å². The molecule has 0 unspecified atom stereocenters. The van der Waals surface area contributed by atoms with Crippen LogP contribution in [-0.2, 0) is 6.54 Å². The zero-order chi connectivity index (χ0) is 14.5. The van der Waals surface area contributed by atoms with Gasteiger partial charge in [-0.05, 0) is 30.7 Å². The van der Waals surface area contributed by atoms with Crippen LogP contribution in [0.5, 0.6) is 0 Å². The highest BCUT2D eigenvalue weighted by Gasteiger charge is 2.07. The minimum absolute atomic E-state index is 0.0233. The van der Waals surface area contributed by atoms with Crippen LogP contribution in [0.15, 0.2) is 36.7 Å². The van der Waals surface area contributed by atoms with Gasteiger partial charge in [0.2, 0.25) is 0 Å². The predicted octanol–water partition coefficient (Wildman–Crippen LogP) is 1.41. The van der Waals surface area contributed by atoms with Gasteiger partial charge in [-0.2, -0.15) is 0 Å². The number of amides is 1. The van der Waals surface area contributed by atoms with Gasteiger partial charge in [-0.15, -0.1) is 0 Å². The Hall–Kier alpha value is -2.76. The molecule has 20 heavy (non-hydrogen) atoms. The molecule has 0 fully saturated rings. The molecule has 2 aromatic heterocycles. The molecule has 2 rings (SSSR count). The number of aromatic nitrogens is 2. The summed E-state index contributed by atoms with van der Waals surface area (Å²) in [5, 5.41) is 11.5. The number of carboxylic acid groups (broad SMARTS) is 1. The number of aromatic carboxylic acids is 1. The molecule has 6 nitrogen and oxygen atoms in total. The smallest absolute Gasteiger partial charge is 0.354 e. The quantitative estimate of drug-likeness (QED) is 0.877. The number of pyridine rings is 2. The van der Waals surface area contributed by atoms with Gasteiger partial charge in [0.05, 0.1) is 0 Å². The number of carboxylic acids is 1. The van der Waals surface area contributed by atoms with Crippen LogP contribution in [0.1, 0.15) is 32.1 Å². The Labute approximate surface area is 115 Å². The third-order valence-corrected chi connectivity index (χ3v) is 2.66. The van der Waals surface area contributed by atoms with Crippen LogP contribution in [0.3, 0.4) is 0 Å². The van der Waals surface area contributed by atoms with Crippen molar-refractivity contribution in [1.29, 1.82) is 0 Å². The lowest BCUT2D eigenvalue weighted by Gasteiger charge is -2.05. The first kappa shape index (κ1) is 13.7. The Morgan fingerprint density at radius 2 is 2.05 bits per heavy atom.